The van der Waals surface area contributed by atoms with Crippen molar-refractivity contribution in [1.29, 1.82) is 0 Å². The molecule has 2 aromatic carbocycles. The van der Waals surface area contributed by atoms with Gasteiger partial charge in [-0.05, 0) is 42.5 Å². The van der Waals surface area contributed by atoms with Crippen LogP contribution in [0.5, 0.6) is 0 Å². The van der Waals surface area contributed by atoms with Gasteiger partial charge in [0.05, 0.1) is 15.8 Å². The predicted molar refractivity (Wildman–Crippen MR) is 100 cm³/mol. The highest BCUT2D eigenvalue weighted by Gasteiger charge is 2.16. The average molecular weight is 381 g/mol. The number of nitrogens with two attached hydrogens (primary N) is 1. The first-order valence-electron chi connectivity index (χ1n) is 7.88. The topological polar surface area (TPSA) is 98.2 Å². The molecule has 0 aliphatic heterocycles. The molecular weight excluding hydrogens is 369 g/mol. The van der Waals surface area contributed by atoms with Crippen molar-refractivity contribution in [2.45, 2.75) is 0 Å². The molecule has 27 heavy (non-hydrogen) atoms. The number of rotatable bonds is 4. The van der Waals surface area contributed by atoms with E-state index in [1.807, 2.05) is 24.3 Å². The van der Waals surface area contributed by atoms with Gasteiger partial charge in [-0.15, -0.1) is 11.3 Å². The molecule has 0 unspecified atom stereocenters. The van der Waals surface area contributed by atoms with E-state index in [2.05, 4.69) is 10.3 Å². The molecule has 6 nitrogen and oxygen atoms in total. The zero-order chi connectivity index (χ0) is 19.0. The van der Waals surface area contributed by atoms with Crippen LogP contribution in [0.25, 0.3) is 21.0 Å². The Balaban J connectivity index is 1.57. The first-order chi connectivity index (χ1) is 13.0. The number of nitrogens with zero attached hydrogens (tertiary/aromatic N) is 1. The van der Waals surface area contributed by atoms with Gasteiger partial charge in [0.25, 0.3) is 11.8 Å². The summed E-state index contributed by atoms with van der Waals surface area (Å²) in [5, 5.41) is 3.21. The molecule has 0 radical (unpaired) electrons. The van der Waals surface area contributed by atoms with Crippen LogP contribution in [0.1, 0.15) is 20.9 Å². The van der Waals surface area contributed by atoms with Crippen LogP contribution < -0.4 is 11.1 Å². The minimum absolute atomic E-state index is 0.0641. The molecule has 0 aliphatic carbocycles. The van der Waals surface area contributed by atoms with Crippen LogP contribution in [0.3, 0.4) is 0 Å². The third-order valence-electron chi connectivity index (χ3n) is 3.82. The Kier molecular flexibility index (Phi) is 4.17. The number of primary amides is 1. The van der Waals surface area contributed by atoms with E-state index in [9.17, 15) is 14.0 Å². The number of carbonyl (C=O) groups is 2. The second-order valence-electron chi connectivity index (χ2n) is 5.66. The number of benzene rings is 2. The van der Waals surface area contributed by atoms with Gasteiger partial charge < -0.3 is 15.5 Å². The SMILES string of the molecule is NC(=O)c1cc(NC(=O)c2ccc(-c3nc4ccccc4s3)o2)ccc1F. The summed E-state index contributed by atoms with van der Waals surface area (Å²) in [5.74, 6) is -1.67. The van der Waals surface area contributed by atoms with Gasteiger partial charge in [0.1, 0.15) is 5.82 Å². The quantitative estimate of drug-likeness (QED) is 0.557. The van der Waals surface area contributed by atoms with Gasteiger partial charge in [-0.25, -0.2) is 9.37 Å². The second-order valence-corrected chi connectivity index (χ2v) is 6.69. The normalized spacial score (nSPS) is 10.9. The fraction of sp³-hybridized carbons (Fsp3) is 0. The van der Waals surface area contributed by atoms with Gasteiger partial charge in [-0.2, -0.15) is 0 Å². The van der Waals surface area contributed by atoms with Gasteiger partial charge in [0, 0.05) is 5.69 Å². The number of amides is 2. The maximum absolute atomic E-state index is 13.5. The molecule has 8 heteroatoms. The van der Waals surface area contributed by atoms with Crippen LogP contribution in [0.2, 0.25) is 0 Å². The molecule has 2 amide bonds. The molecule has 2 aromatic heterocycles. The van der Waals surface area contributed by atoms with E-state index < -0.39 is 17.6 Å². The van der Waals surface area contributed by atoms with Crippen molar-refractivity contribution in [3.05, 3.63) is 71.7 Å². The monoisotopic (exact) mass is 381 g/mol. The molecule has 0 saturated heterocycles. The van der Waals surface area contributed by atoms with Crippen molar-refractivity contribution in [3.8, 4) is 10.8 Å². The number of aromatic nitrogens is 1. The Hall–Kier alpha value is -3.52. The van der Waals surface area contributed by atoms with E-state index in [-0.39, 0.29) is 17.0 Å². The molecular formula is C19H12FN3O3S. The minimum Gasteiger partial charge on any atom is -0.448 e. The lowest BCUT2D eigenvalue weighted by Crippen LogP contribution is -2.15. The number of halogens is 1. The third-order valence-corrected chi connectivity index (χ3v) is 4.88. The lowest BCUT2D eigenvalue weighted by molar-refractivity contribution is 0.0986. The van der Waals surface area contributed by atoms with E-state index in [1.54, 1.807) is 6.07 Å². The van der Waals surface area contributed by atoms with Crippen LogP contribution >= 0.6 is 11.3 Å². The van der Waals surface area contributed by atoms with Crippen molar-refractivity contribution in [2.75, 3.05) is 5.32 Å². The number of anilines is 1. The molecule has 3 N–H and O–H groups in total. The minimum atomic E-state index is -0.917. The highest BCUT2D eigenvalue weighted by molar-refractivity contribution is 7.21. The van der Waals surface area contributed by atoms with Crippen LogP contribution in [-0.2, 0) is 0 Å². The molecule has 0 fully saturated rings. The van der Waals surface area contributed by atoms with Crippen molar-refractivity contribution in [1.82, 2.24) is 4.98 Å². The van der Waals surface area contributed by atoms with Crippen LogP contribution in [0.15, 0.2) is 59.0 Å². The summed E-state index contributed by atoms with van der Waals surface area (Å²) in [6, 6.07) is 14.4. The average Bonchev–Trinajstić information content (AvgIpc) is 3.29. The van der Waals surface area contributed by atoms with Gasteiger partial charge in [-0.3, -0.25) is 9.59 Å². The summed E-state index contributed by atoms with van der Waals surface area (Å²) in [4.78, 5) is 28.1. The number of furan rings is 1. The summed E-state index contributed by atoms with van der Waals surface area (Å²) in [6.07, 6.45) is 0. The van der Waals surface area contributed by atoms with Gasteiger partial charge in [-0.1, -0.05) is 12.1 Å². The Bertz CT molecular complexity index is 1150. The van der Waals surface area contributed by atoms with E-state index in [4.69, 9.17) is 10.2 Å². The molecule has 4 rings (SSSR count). The zero-order valence-corrected chi connectivity index (χ0v) is 14.5. The number of hydrogen-bond donors (Lipinski definition) is 2. The molecule has 2 heterocycles. The van der Waals surface area contributed by atoms with Crippen molar-refractivity contribution in [3.63, 3.8) is 0 Å². The summed E-state index contributed by atoms with van der Waals surface area (Å²) in [7, 11) is 0. The summed E-state index contributed by atoms with van der Waals surface area (Å²) in [5.41, 5.74) is 5.89. The molecule has 0 atom stereocenters. The molecule has 0 aliphatic rings. The first-order valence-corrected chi connectivity index (χ1v) is 8.69. The fourth-order valence-corrected chi connectivity index (χ4v) is 3.46. The van der Waals surface area contributed by atoms with Crippen molar-refractivity contribution in [2.24, 2.45) is 5.73 Å². The van der Waals surface area contributed by atoms with Crippen LogP contribution in [0, 0.1) is 5.82 Å². The Morgan fingerprint density at radius 1 is 1.11 bits per heavy atom. The van der Waals surface area contributed by atoms with E-state index in [0.29, 0.717) is 10.8 Å². The predicted octanol–water partition coefficient (Wildman–Crippen LogP) is 4.05. The number of para-hydroxylation sites is 1. The maximum atomic E-state index is 13.5. The summed E-state index contributed by atoms with van der Waals surface area (Å²) < 4.78 is 20.1. The largest absolute Gasteiger partial charge is 0.448 e. The first kappa shape index (κ1) is 16.9. The molecule has 0 spiro atoms. The smallest absolute Gasteiger partial charge is 0.291 e. The molecule has 134 valence electrons. The number of carbonyl (C=O) groups excluding carboxylic acids is 2. The third kappa shape index (κ3) is 3.30. The lowest BCUT2D eigenvalue weighted by atomic mass is 10.1. The Labute approximate surface area is 156 Å². The summed E-state index contributed by atoms with van der Waals surface area (Å²) in [6.45, 7) is 0. The van der Waals surface area contributed by atoms with E-state index >= 15 is 0 Å². The summed E-state index contributed by atoms with van der Waals surface area (Å²) >= 11 is 1.46. The highest BCUT2D eigenvalue weighted by atomic mass is 32.1. The maximum Gasteiger partial charge on any atom is 0.291 e. The van der Waals surface area contributed by atoms with Crippen molar-refractivity contribution >= 4 is 39.1 Å². The number of fused-ring (bicyclic) bond motifs is 1. The van der Waals surface area contributed by atoms with Crippen molar-refractivity contribution < 1.29 is 18.4 Å². The van der Waals surface area contributed by atoms with Gasteiger partial charge in [0.2, 0.25) is 0 Å². The van der Waals surface area contributed by atoms with E-state index in [0.717, 1.165) is 16.3 Å². The standard InChI is InChI=1S/C19H12FN3O3S/c20-12-6-5-10(9-11(12)17(21)24)22-18(25)14-7-8-15(26-14)19-23-13-3-1-2-4-16(13)27-19/h1-9H,(H2,21,24)(H,22,25). The molecule has 0 saturated carbocycles. The Morgan fingerprint density at radius 2 is 1.93 bits per heavy atom. The zero-order valence-electron chi connectivity index (χ0n) is 13.7. The second kappa shape index (κ2) is 6.65. The van der Waals surface area contributed by atoms with Gasteiger partial charge in [0.15, 0.2) is 16.5 Å². The van der Waals surface area contributed by atoms with Crippen LogP contribution in [-0.4, -0.2) is 16.8 Å². The fourth-order valence-electron chi connectivity index (χ4n) is 2.54. The lowest BCUT2D eigenvalue weighted by Gasteiger charge is -2.05. The van der Waals surface area contributed by atoms with Crippen LogP contribution in [0.4, 0.5) is 10.1 Å². The molecule has 0 bridgehead atoms. The number of hydrogen-bond acceptors (Lipinski definition) is 5. The Morgan fingerprint density at radius 3 is 2.70 bits per heavy atom. The molecule has 4 aromatic rings. The number of nitrogens with one attached hydrogen (secondary N) is 1. The number of thiazole rings is 1. The van der Waals surface area contributed by atoms with E-state index in [1.165, 1.54) is 29.5 Å². The highest BCUT2D eigenvalue weighted by Crippen LogP contribution is 2.31. The van der Waals surface area contributed by atoms with Gasteiger partial charge >= 0.3 is 0 Å².